The Morgan fingerprint density at radius 2 is 1.50 bits per heavy atom. The minimum absolute atomic E-state index is 0.724. The molecular formula is C22H30N2SSi. The molecule has 0 aliphatic carbocycles. The molecule has 2 heterocycles. The second kappa shape index (κ2) is 7.61. The lowest BCUT2D eigenvalue weighted by molar-refractivity contribution is 0.793. The summed E-state index contributed by atoms with van der Waals surface area (Å²) in [6.07, 6.45) is 0. The summed E-state index contributed by atoms with van der Waals surface area (Å²) in [5, 5.41) is 3.33. The Kier molecular flexibility index (Phi) is 5.63. The normalized spacial score (nSPS) is 12.7. The van der Waals surface area contributed by atoms with Crippen molar-refractivity contribution in [2.24, 2.45) is 0 Å². The summed E-state index contributed by atoms with van der Waals surface area (Å²) in [6.45, 7) is 14.6. The maximum Gasteiger partial charge on any atom is 0.170 e. The van der Waals surface area contributed by atoms with Crippen molar-refractivity contribution in [1.29, 1.82) is 0 Å². The van der Waals surface area contributed by atoms with Crippen molar-refractivity contribution in [3.8, 4) is 10.7 Å². The van der Waals surface area contributed by atoms with Gasteiger partial charge in [0.15, 0.2) is 5.82 Å². The molecule has 0 fully saturated rings. The summed E-state index contributed by atoms with van der Waals surface area (Å²) in [5.41, 5.74) is 4.49. The van der Waals surface area contributed by atoms with Crippen LogP contribution in [-0.2, 0) is 6.04 Å². The number of benzene rings is 1. The van der Waals surface area contributed by atoms with E-state index in [1.807, 2.05) is 0 Å². The van der Waals surface area contributed by atoms with Gasteiger partial charge in [0, 0.05) is 11.1 Å². The number of thiophene rings is 1. The minimum atomic E-state index is -1.58. The van der Waals surface area contributed by atoms with E-state index in [0.29, 0.717) is 0 Å². The molecule has 0 radical (unpaired) electrons. The van der Waals surface area contributed by atoms with Crippen LogP contribution >= 0.6 is 11.3 Å². The predicted molar refractivity (Wildman–Crippen MR) is 118 cm³/mol. The average molecular weight is 383 g/mol. The summed E-state index contributed by atoms with van der Waals surface area (Å²) in [5.74, 6) is 0.882. The molecule has 0 amide bonds. The van der Waals surface area contributed by atoms with Crippen molar-refractivity contribution >= 4 is 30.3 Å². The van der Waals surface area contributed by atoms with E-state index in [0.717, 1.165) is 38.9 Å². The lowest BCUT2D eigenvalue weighted by atomic mass is 10.2. The Hall–Kier alpha value is -1.52. The number of rotatable bonds is 6. The molecule has 0 saturated carbocycles. The number of hydrogen-bond acceptors (Lipinski definition) is 3. The van der Waals surface area contributed by atoms with Crippen LogP contribution in [0.5, 0.6) is 0 Å². The zero-order valence-corrected chi connectivity index (χ0v) is 18.6. The SMILES string of the molecule is CC(C)[Si](Cc1nc(-c2cccs2)nc2ccccc12)(C(C)C)C(C)C. The Morgan fingerprint density at radius 1 is 0.846 bits per heavy atom. The van der Waals surface area contributed by atoms with Gasteiger partial charge in [0.1, 0.15) is 0 Å². The molecule has 0 atom stereocenters. The van der Waals surface area contributed by atoms with Gasteiger partial charge in [-0.2, -0.15) is 0 Å². The molecule has 138 valence electrons. The third-order valence-corrected chi connectivity index (χ3v) is 14.4. The molecule has 0 aliphatic heterocycles. The second-order valence-electron chi connectivity index (χ2n) is 8.24. The van der Waals surface area contributed by atoms with Gasteiger partial charge in [-0.15, -0.1) is 11.3 Å². The third-order valence-electron chi connectivity index (χ3n) is 6.12. The zero-order valence-electron chi connectivity index (χ0n) is 16.8. The molecule has 2 aromatic heterocycles. The van der Waals surface area contributed by atoms with Crippen LogP contribution in [0.3, 0.4) is 0 Å². The predicted octanol–water partition coefficient (Wildman–Crippen LogP) is 7.12. The van der Waals surface area contributed by atoms with Crippen molar-refractivity contribution in [2.45, 2.75) is 64.2 Å². The van der Waals surface area contributed by atoms with Crippen molar-refractivity contribution in [1.82, 2.24) is 9.97 Å². The highest BCUT2D eigenvalue weighted by atomic mass is 32.1. The van der Waals surface area contributed by atoms with Crippen LogP contribution in [-0.4, -0.2) is 18.0 Å². The molecule has 3 rings (SSSR count). The maximum atomic E-state index is 5.11. The number of nitrogens with zero attached hydrogens (tertiary/aromatic N) is 2. The van der Waals surface area contributed by atoms with Crippen LogP contribution < -0.4 is 0 Å². The molecule has 1 aromatic carbocycles. The lowest BCUT2D eigenvalue weighted by Gasteiger charge is -2.43. The van der Waals surface area contributed by atoms with Crippen LogP contribution in [0.25, 0.3) is 21.6 Å². The fraction of sp³-hybridized carbons (Fsp3) is 0.455. The first kappa shape index (κ1) is 19.2. The van der Waals surface area contributed by atoms with Gasteiger partial charge in [-0.05, 0) is 23.6 Å². The molecule has 0 saturated heterocycles. The van der Waals surface area contributed by atoms with Gasteiger partial charge in [0.05, 0.1) is 18.5 Å². The standard InChI is InChI=1S/C22H30N2SSi/c1-15(2)26(16(3)4,17(5)6)14-20-18-10-7-8-11-19(18)23-22(24-20)21-12-9-13-25-21/h7-13,15-17H,14H2,1-6H3. The molecule has 2 nitrogen and oxygen atoms in total. The molecule has 0 bridgehead atoms. The van der Waals surface area contributed by atoms with Gasteiger partial charge in [-0.25, -0.2) is 9.97 Å². The molecule has 4 heteroatoms. The van der Waals surface area contributed by atoms with Gasteiger partial charge in [-0.3, -0.25) is 0 Å². The first-order valence-corrected chi connectivity index (χ1v) is 13.0. The molecule has 3 aromatic rings. The zero-order chi connectivity index (χ0) is 18.9. The molecule has 0 spiro atoms. The Balaban J connectivity index is 2.19. The molecule has 0 unspecified atom stereocenters. The van der Waals surface area contributed by atoms with E-state index in [4.69, 9.17) is 9.97 Å². The van der Waals surface area contributed by atoms with E-state index in [-0.39, 0.29) is 0 Å². The number of hydrogen-bond donors (Lipinski definition) is 0. The van der Waals surface area contributed by atoms with Crippen LogP contribution in [0, 0.1) is 0 Å². The van der Waals surface area contributed by atoms with Crippen molar-refractivity contribution in [3.63, 3.8) is 0 Å². The fourth-order valence-electron chi connectivity index (χ4n) is 4.70. The largest absolute Gasteiger partial charge is 0.232 e. The van der Waals surface area contributed by atoms with E-state index in [2.05, 4.69) is 83.3 Å². The van der Waals surface area contributed by atoms with Crippen LogP contribution in [0.15, 0.2) is 41.8 Å². The Labute approximate surface area is 162 Å². The van der Waals surface area contributed by atoms with E-state index in [9.17, 15) is 0 Å². The monoisotopic (exact) mass is 382 g/mol. The highest BCUT2D eigenvalue weighted by Crippen LogP contribution is 2.44. The summed E-state index contributed by atoms with van der Waals surface area (Å²) in [7, 11) is -1.58. The van der Waals surface area contributed by atoms with Crippen molar-refractivity contribution in [2.75, 3.05) is 0 Å². The van der Waals surface area contributed by atoms with Crippen molar-refractivity contribution < 1.29 is 0 Å². The molecule has 26 heavy (non-hydrogen) atoms. The van der Waals surface area contributed by atoms with Gasteiger partial charge >= 0.3 is 0 Å². The summed E-state index contributed by atoms with van der Waals surface area (Å²) < 4.78 is 0. The highest BCUT2D eigenvalue weighted by Gasteiger charge is 2.43. The van der Waals surface area contributed by atoms with Crippen LogP contribution in [0.4, 0.5) is 0 Å². The number of fused-ring (bicyclic) bond motifs is 1. The van der Waals surface area contributed by atoms with Crippen LogP contribution in [0.2, 0.25) is 16.6 Å². The van der Waals surface area contributed by atoms with E-state index >= 15 is 0 Å². The van der Waals surface area contributed by atoms with Gasteiger partial charge < -0.3 is 0 Å². The lowest BCUT2D eigenvalue weighted by Crippen LogP contribution is -2.47. The molecule has 0 aliphatic rings. The average Bonchev–Trinajstić information content (AvgIpc) is 3.12. The first-order chi connectivity index (χ1) is 12.4. The summed E-state index contributed by atoms with van der Waals surface area (Å²) in [6, 6.07) is 13.8. The highest BCUT2D eigenvalue weighted by molar-refractivity contribution is 7.13. The van der Waals surface area contributed by atoms with Gasteiger partial charge in [0.2, 0.25) is 0 Å². The number of aromatic nitrogens is 2. The van der Waals surface area contributed by atoms with E-state index < -0.39 is 8.07 Å². The maximum absolute atomic E-state index is 5.11. The fourth-order valence-corrected chi connectivity index (χ4v) is 11.4. The summed E-state index contributed by atoms with van der Waals surface area (Å²) in [4.78, 5) is 11.1. The number of para-hydroxylation sites is 1. The first-order valence-electron chi connectivity index (χ1n) is 9.65. The quantitative estimate of drug-likeness (QED) is 0.424. The van der Waals surface area contributed by atoms with Crippen LogP contribution in [0.1, 0.15) is 47.2 Å². The molecular weight excluding hydrogens is 352 g/mol. The van der Waals surface area contributed by atoms with E-state index in [1.165, 1.54) is 11.1 Å². The van der Waals surface area contributed by atoms with Gasteiger partial charge in [-0.1, -0.05) is 82.4 Å². The van der Waals surface area contributed by atoms with Gasteiger partial charge in [0.25, 0.3) is 0 Å². The van der Waals surface area contributed by atoms with E-state index in [1.54, 1.807) is 11.3 Å². The topological polar surface area (TPSA) is 25.8 Å². The molecule has 0 N–H and O–H groups in total. The smallest absolute Gasteiger partial charge is 0.170 e. The summed E-state index contributed by atoms with van der Waals surface area (Å²) >= 11 is 1.72. The second-order valence-corrected chi connectivity index (χ2v) is 15.2. The Bertz CT molecular complexity index is 847. The van der Waals surface area contributed by atoms with Crippen molar-refractivity contribution in [3.05, 3.63) is 47.5 Å². The third kappa shape index (κ3) is 3.37. The minimum Gasteiger partial charge on any atom is -0.232 e. The Morgan fingerprint density at radius 3 is 2.08 bits per heavy atom.